The largest absolute Gasteiger partial charge is 0.477 e. The molecule has 0 aliphatic rings. The van der Waals surface area contributed by atoms with Crippen molar-refractivity contribution >= 4 is 23.5 Å². The average molecular weight is 348 g/mol. The number of aromatic nitrogens is 4. The summed E-state index contributed by atoms with van der Waals surface area (Å²) in [5, 5.41) is 22.4. The van der Waals surface area contributed by atoms with Gasteiger partial charge in [-0.05, 0) is 13.3 Å². The monoisotopic (exact) mass is 348 g/mol. The van der Waals surface area contributed by atoms with Gasteiger partial charge in [0, 0.05) is 26.3 Å². The molecule has 0 saturated carbocycles. The van der Waals surface area contributed by atoms with E-state index in [2.05, 4.69) is 20.8 Å². The maximum Gasteiger partial charge on any atom is 0.354 e. The molecule has 0 saturated heterocycles. The van der Waals surface area contributed by atoms with Gasteiger partial charge in [0.1, 0.15) is 0 Å². The Bertz CT molecular complexity index is 807. The van der Waals surface area contributed by atoms with Crippen molar-refractivity contribution in [3.8, 4) is 0 Å². The fraction of sp³-hybridized carbons (Fsp3) is 0.400. The van der Waals surface area contributed by atoms with Crippen LogP contribution in [-0.2, 0) is 13.6 Å². The number of nitrogens with one attached hydrogen (secondary N) is 2. The number of carbonyl (C=O) groups is 3. The van der Waals surface area contributed by atoms with Crippen LogP contribution in [-0.4, -0.2) is 49.0 Å². The molecule has 3 N–H and O–H groups in total. The van der Waals surface area contributed by atoms with Gasteiger partial charge in [0.05, 0.1) is 17.4 Å². The number of anilines is 1. The van der Waals surface area contributed by atoms with Gasteiger partial charge in [-0.3, -0.25) is 19.0 Å². The maximum atomic E-state index is 12.4. The summed E-state index contributed by atoms with van der Waals surface area (Å²) in [5.74, 6) is -2.35. The molecular formula is C15H20N6O4. The first-order valence-electron chi connectivity index (χ1n) is 7.81. The fourth-order valence-electron chi connectivity index (χ4n) is 2.21. The zero-order valence-corrected chi connectivity index (χ0v) is 14.2. The summed E-state index contributed by atoms with van der Waals surface area (Å²) in [5.41, 5.74) is -0.0541. The molecule has 0 bridgehead atoms. The third kappa shape index (κ3) is 3.84. The minimum Gasteiger partial charge on any atom is -0.477 e. The number of nitrogens with zero attached hydrogens (tertiary/aromatic N) is 4. The van der Waals surface area contributed by atoms with Crippen molar-refractivity contribution in [2.24, 2.45) is 7.05 Å². The summed E-state index contributed by atoms with van der Waals surface area (Å²) in [6.07, 6.45) is 3.45. The van der Waals surface area contributed by atoms with E-state index in [1.54, 1.807) is 0 Å². The van der Waals surface area contributed by atoms with E-state index < -0.39 is 17.8 Å². The molecule has 0 aromatic carbocycles. The molecule has 10 nitrogen and oxygen atoms in total. The summed E-state index contributed by atoms with van der Waals surface area (Å²) >= 11 is 0. The standard InChI is InChI=1S/C15H20N6O4/c1-4-6-16-14(23)11-10(8-21(5-2)19-11)18-13(22)9-7-17-20(3)12(9)15(24)25/h7-8H,4-6H2,1-3H3,(H,16,23)(H,18,22)(H,24,25). The quantitative estimate of drug-likeness (QED) is 0.676. The smallest absolute Gasteiger partial charge is 0.354 e. The molecule has 0 unspecified atom stereocenters. The summed E-state index contributed by atoms with van der Waals surface area (Å²) in [6, 6.07) is 0. The SMILES string of the molecule is CCCNC(=O)c1nn(CC)cc1NC(=O)c1cnn(C)c1C(=O)O. The second-order valence-electron chi connectivity index (χ2n) is 5.29. The predicted molar refractivity (Wildman–Crippen MR) is 88.6 cm³/mol. The molecule has 0 radical (unpaired) electrons. The van der Waals surface area contributed by atoms with Gasteiger partial charge in [-0.2, -0.15) is 10.2 Å². The van der Waals surface area contributed by atoms with E-state index in [0.29, 0.717) is 13.1 Å². The summed E-state index contributed by atoms with van der Waals surface area (Å²) < 4.78 is 2.61. The molecular weight excluding hydrogens is 328 g/mol. The Morgan fingerprint density at radius 2 is 1.96 bits per heavy atom. The van der Waals surface area contributed by atoms with Gasteiger partial charge in [-0.25, -0.2) is 4.79 Å². The highest BCUT2D eigenvalue weighted by Gasteiger charge is 2.24. The summed E-state index contributed by atoms with van der Waals surface area (Å²) in [4.78, 5) is 35.9. The Labute approximate surface area is 143 Å². The number of amides is 2. The van der Waals surface area contributed by atoms with Gasteiger partial charge in [0.2, 0.25) is 0 Å². The van der Waals surface area contributed by atoms with E-state index >= 15 is 0 Å². The van der Waals surface area contributed by atoms with Crippen LogP contribution >= 0.6 is 0 Å². The van der Waals surface area contributed by atoms with Gasteiger partial charge in [0.25, 0.3) is 11.8 Å². The van der Waals surface area contributed by atoms with Gasteiger partial charge in [-0.15, -0.1) is 0 Å². The number of hydrogen-bond acceptors (Lipinski definition) is 5. The molecule has 0 aliphatic carbocycles. The Balaban J connectivity index is 2.30. The van der Waals surface area contributed by atoms with Crippen LogP contribution < -0.4 is 10.6 Å². The zero-order valence-electron chi connectivity index (χ0n) is 14.2. The fourth-order valence-corrected chi connectivity index (χ4v) is 2.21. The number of carbonyl (C=O) groups excluding carboxylic acids is 2. The van der Waals surface area contributed by atoms with Crippen LogP contribution in [0.4, 0.5) is 5.69 Å². The third-order valence-corrected chi connectivity index (χ3v) is 3.47. The Hall–Kier alpha value is -3.17. The van der Waals surface area contributed by atoms with Gasteiger partial charge >= 0.3 is 5.97 Å². The molecule has 0 atom stereocenters. The first kappa shape index (κ1) is 18.2. The lowest BCUT2D eigenvalue weighted by Gasteiger charge is -2.06. The van der Waals surface area contributed by atoms with Crippen LogP contribution in [0.3, 0.4) is 0 Å². The highest BCUT2D eigenvalue weighted by atomic mass is 16.4. The molecule has 2 rings (SSSR count). The molecule has 2 heterocycles. The number of carboxylic acids is 1. The molecule has 0 aliphatic heterocycles. The topological polar surface area (TPSA) is 131 Å². The van der Waals surface area contributed by atoms with Crippen molar-refractivity contribution in [2.45, 2.75) is 26.8 Å². The molecule has 2 amide bonds. The van der Waals surface area contributed by atoms with Crippen LogP contribution in [0.2, 0.25) is 0 Å². The van der Waals surface area contributed by atoms with Crippen molar-refractivity contribution < 1.29 is 19.5 Å². The lowest BCUT2D eigenvalue weighted by molar-refractivity contribution is 0.0680. The normalized spacial score (nSPS) is 10.5. The number of hydrogen-bond donors (Lipinski definition) is 3. The van der Waals surface area contributed by atoms with E-state index in [4.69, 9.17) is 0 Å². The zero-order chi connectivity index (χ0) is 18.6. The van der Waals surface area contributed by atoms with E-state index in [9.17, 15) is 19.5 Å². The van der Waals surface area contributed by atoms with Crippen molar-refractivity contribution in [2.75, 3.05) is 11.9 Å². The van der Waals surface area contributed by atoms with Gasteiger partial charge in [-0.1, -0.05) is 6.92 Å². The van der Waals surface area contributed by atoms with Crippen LogP contribution in [0, 0.1) is 0 Å². The van der Waals surface area contributed by atoms with Crippen molar-refractivity contribution in [1.82, 2.24) is 24.9 Å². The minimum absolute atomic E-state index is 0.0735. The summed E-state index contributed by atoms with van der Waals surface area (Å²) in [6.45, 7) is 4.76. The average Bonchev–Trinajstić information content (AvgIpc) is 3.16. The Morgan fingerprint density at radius 1 is 1.24 bits per heavy atom. The number of rotatable bonds is 7. The van der Waals surface area contributed by atoms with E-state index in [1.165, 1.54) is 24.1 Å². The number of aromatic carboxylic acids is 1. The molecule has 2 aromatic heterocycles. The first-order valence-corrected chi connectivity index (χ1v) is 7.81. The lowest BCUT2D eigenvalue weighted by Crippen LogP contribution is -2.26. The van der Waals surface area contributed by atoms with Crippen molar-refractivity contribution in [3.05, 3.63) is 29.3 Å². The molecule has 134 valence electrons. The van der Waals surface area contributed by atoms with E-state index in [1.807, 2.05) is 13.8 Å². The van der Waals surface area contributed by atoms with Gasteiger partial charge in [0.15, 0.2) is 11.4 Å². The van der Waals surface area contributed by atoms with E-state index in [-0.39, 0.29) is 22.6 Å². The molecule has 10 heteroatoms. The summed E-state index contributed by atoms with van der Waals surface area (Å²) in [7, 11) is 1.43. The molecule has 25 heavy (non-hydrogen) atoms. The molecule has 2 aromatic rings. The lowest BCUT2D eigenvalue weighted by atomic mass is 10.2. The second kappa shape index (κ2) is 7.60. The Kier molecular flexibility index (Phi) is 5.52. The highest BCUT2D eigenvalue weighted by Crippen LogP contribution is 2.17. The molecule has 0 spiro atoms. The van der Waals surface area contributed by atoms with E-state index in [0.717, 1.165) is 11.1 Å². The van der Waals surface area contributed by atoms with Crippen molar-refractivity contribution in [1.29, 1.82) is 0 Å². The van der Waals surface area contributed by atoms with Crippen molar-refractivity contribution in [3.63, 3.8) is 0 Å². The van der Waals surface area contributed by atoms with Crippen LogP contribution in [0.25, 0.3) is 0 Å². The number of carboxylic acid groups (broad SMARTS) is 1. The highest BCUT2D eigenvalue weighted by molar-refractivity contribution is 6.12. The van der Waals surface area contributed by atoms with Gasteiger partial charge < -0.3 is 15.7 Å². The minimum atomic E-state index is -1.27. The first-order chi connectivity index (χ1) is 11.9. The maximum absolute atomic E-state index is 12.4. The molecule has 0 fully saturated rings. The number of aryl methyl sites for hydroxylation is 2. The van der Waals surface area contributed by atoms with Crippen LogP contribution in [0.5, 0.6) is 0 Å². The third-order valence-electron chi connectivity index (χ3n) is 3.47. The Morgan fingerprint density at radius 3 is 2.56 bits per heavy atom. The van der Waals surface area contributed by atoms with Crippen LogP contribution in [0.1, 0.15) is 51.6 Å². The van der Waals surface area contributed by atoms with Crippen LogP contribution in [0.15, 0.2) is 12.4 Å². The second-order valence-corrected chi connectivity index (χ2v) is 5.29. The predicted octanol–water partition coefficient (Wildman–Crippen LogP) is 0.727.